The highest BCUT2D eigenvalue weighted by atomic mass is 127. The molecule has 2 nitrogen and oxygen atoms in total. The molecule has 60 valence electrons. The molecule has 0 amide bonds. The second-order valence-corrected chi connectivity index (χ2v) is 4.27. The predicted molar refractivity (Wildman–Crippen MR) is 53.6 cm³/mol. The third-order valence-corrected chi connectivity index (χ3v) is 2.50. The fraction of sp³-hybridized carbons (Fsp3) is 0.143. The van der Waals surface area contributed by atoms with E-state index in [2.05, 4.69) is 22.6 Å². The van der Waals surface area contributed by atoms with Crippen molar-refractivity contribution >= 4 is 33.7 Å². The largest absolute Gasteiger partial charge is 0.306 e. The maximum Gasteiger partial charge on any atom is 0.157 e. The van der Waals surface area contributed by atoms with Crippen molar-refractivity contribution in [3.8, 4) is 0 Å². The van der Waals surface area contributed by atoms with Crippen LogP contribution in [0.3, 0.4) is 0 Å². The van der Waals surface area contributed by atoms with E-state index in [0.717, 1.165) is 9.13 Å². The Kier molecular flexibility index (Phi) is 3.47. The van der Waals surface area contributed by atoms with Crippen LogP contribution in [0, 0.1) is 3.57 Å². The summed E-state index contributed by atoms with van der Waals surface area (Å²) in [5, 5.41) is 0. The zero-order chi connectivity index (χ0) is 8.27. The minimum absolute atomic E-state index is 0.219. The summed E-state index contributed by atoms with van der Waals surface area (Å²) < 4.78 is 20.0. The monoisotopic (exact) mass is 282 g/mol. The van der Waals surface area contributed by atoms with Gasteiger partial charge in [0.15, 0.2) is 11.1 Å². The Hall–Kier alpha value is 0.0600. The summed E-state index contributed by atoms with van der Waals surface area (Å²) in [4.78, 5) is 0. The Bertz CT molecular complexity index is 258. The van der Waals surface area contributed by atoms with Crippen molar-refractivity contribution in [2.45, 2.75) is 5.75 Å². The van der Waals surface area contributed by atoms with Gasteiger partial charge in [-0.05, 0) is 40.3 Å². The van der Waals surface area contributed by atoms with Crippen LogP contribution in [0.1, 0.15) is 5.56 Å². The van der Waals surface area contributed by atoms with Gasteiger partial charge in [0.2, 0.25) is 0 Å². The first-order valence-corrected chi connectivity index (χ1v) is 5.36. The summed E-state index contributed by atoms with van der Waals surface area (Å²) in [7, 11) is 0. The molecule has 1 N–H and O–H groups in total. The smallest absolute Gasteiger partial charge is 0.157 e. The first kappa shape index (κ1) is 9.15. The molecule has 0 saturated heterocycles. The fourth-order valence-corrected chi connectivity index (χ4v) is 1.56. The second kappa shape index (κ2) is 4.18. The molecule has 1 aromatic carbocycles. The van der Waals surface area contributed by atoms with Gasteiger partial charge in [0.1, 0.15) is 0 Å². The molecule has 1 aromatic rings. The second-order valence-electron chi connectivity index (χ2n) is 2.09. The SMILES string of the molecule is O=S(O)Cc1ccc(I)cc1. The Balaban J connectivity index is 2.74. The van der Waals surface area contributed by atoms with Crippen LogP contribution in [-0.4, -0.2) is 8.76 Å². The number of hydrogen-bond acceptors (Lipinski definition) is 1. The molecular formula is C7H7IO2S. The van der Waals surface area contributed by atoms with Crippen LogP contribution in [0.25, 0.3) is 0 Å². The van der Waals surface area contributed by atoms with E-state index in [9.17, 15) is 4.21 Å². The van der Waals surface area contributed by atoms with Crippen molar-refractivity contribution in [3.05, 3.63) is 33.4 Å². The molecule has 0 aliphatic heterocycles. The molecule has 4 heteroatoms. The lowest BCUT2D eigenvalue weighted by atomic mass is 10.2. The Morgan fingerprint density at radius 1 is 1.36 bits per heavy atom. The average molecular weight is 282 g/mol. The summed E-state index contributed by atoms with van der Waals surface area (Å²) in [5.74, 6) is 0.219. The van der Waals surface area contributed by atoms with Crippen molar-refractivity contribution in [1.29, 1.82) is 0 Å². The molecule has 1 unspecified atom stereocenters. The van der Waals surface area contributed by atoms with Gasteiger partial charge in [-0.25, -0.2) is 4.21 Å². The molecule has 0 saturated carbocycles. The van der Waals surface area contributed by atoms with Crippen molar-refractivity contribution in [2.24, 2.45) is 0 Å². The maximum absolute atomic E-state index is 10.4. The molecule has 0 aliphatic rings. The number of halogens is 1. The van der Waals surface area contributed by atoms with Crippen molar-refractivity contribution in [2.75, 3.05) is 0 Å². The van der Waals surface area contributed by atoms with Gasteiger partial charge in [-0.15, -0.1) is 0 Å². The van der Waals surface area contributed by atoms with Crippen molar-refractivity contribution in [3.63, 3.8) is 0 Å². The molecule has 0 fully saturated rings. The van der Waals surface area contributed by atoms with Crippen molar-refractivity contribution in [1.82, 2.24) is 0 Å². The third-order valence-electron chi connectivity index (χ3n) is 1.20. The summed E-state index contributed by atoms with van der Waals surface area (Å²) in [6.45, 7) is 0. The van der Waals surface area contributed by atoms with Gasteiger partial charge in [-0.1, -0.05) is 12.1 Å². The van der Waals surface area contributed by atoms with E-state index in [1.54, 1.807) is 0 Å². The van der Waals surface area contributed by atoms with Crippen LogP contribution in [0.4, 0.5) is 0 Å². The molecular weight excluding hydrogens is 275 g/mol. The van der Waals surface area contributed by atoms with Crippen LogP contribution >= 0.6 is 22.6 Å². The summed E-state index contributed by atoms with van der Waals surface area (Å²) in [5.41, 5.74) is 0.895. The summed E-state index contributed by atoms with van der Waals surface area (Å²) >= 11 is 0.466. The van der Waals surface area contributed by atoms with Crippen LogP contribution in [0.5, 0.6) is 0 Å². The molecule has 0 radical (unpaired) electrons. The van der Waals surface area contributed by atoms with Crippen LogP contribution < -0.4 is 0 Å². The van der Waals surface area contributed by atoms with Gasteiger partial charge in [0.25, 0.3) is 0 Å². The van der Waals surface area contributed by atoms with E-state index >= 15 is 0 Å². The van der Waals surface area contributed by atoms with E-state index in [-0.39, 0.29) is 5.75 Å². The fourth-order valence-electron chi connectivity index (χ4n) is 0.723. The normalized spacial score (nSPS) is 12.9. The highest BCUT2D eigenvalue weighted by Gasteiger charge is 1.96. The molecule has 0 heterocycles. The highest BCUT2D eigenvalue weighted by molar-refractivity contribution is 14.1. The zero-order valence-corrected chi connectivity index (χ0v) is 8.63. The Labute approximate surface area is 81.4 Å². The van der Waals surface area contributed by atoms with Crippen LogP contribution in [0.15, 0.2) is 24.3 Å². The summed E-state index contributed by atoms with van der Waals surface area (Å²) in [6, 6.07) is 7.55. The van der Waals surface area contributed by atoms with Crippen molar-refractivity contribution < 1.29 is 8.76 Å². The minimum atomic E-state index is -1.73. The lowest BCUT2D eigenvalue weighted by Crippen LogP contribution is -1.92. The number of benzene rings is 1. The Morgan fingerprint density at radius 2 is 1.91 bits per heavy atom. The van der Waals surface area contributed by atoms with Gasteiger partial charge in [0.05, 0.1) is 5.75 Å². The topological polar surface area (TPSA) is 37.3 Å². The van der Waals surface area contributed by atoms with E-state index < -0.39 is 11.1 Å². The lowest BCUT2D eigenvalue weighted by molar-refractivity contribution is 0.563. The van der Waals surface area contributed by atoms with E-state index in [1.165, 1.54) is 0 Å². The minimum Gasteiger partial charge on any atom is -0.306 e. The molecule has 0 spiro atoms. The Morgan fingerprint density at radius 3 is 2.36 bits per heavy atom. The zero-order valence-electron chi connectivity index (χ0n) is 5.66. The maximum atomic E-state index is 10.4. The first-order chi connectivity index (χ1) is 5.18. The highest BCUT2D eigenvalue weighted by Crippen LogP contribution is 2.07. The molecule has 0 aromatic heterocycles. The van der Waals surface area contributed by atoms with E-state index in [1.807, 2.05) is 24.3 Å². The van der Waals surface area contributed by atoms with E-state index in [0.29, 0.717) is 0 Å². The first-order valence-electron chi connectivity index (χ1n) is 3.00. The predicted octanol–water partition coefficient (Wildman–Crippen LogP) is 2.01. The van der Waals surface area contributed by atoms with Gasteiger partial charge >= 0.3 is 0 Å². The average Bonchev–Trinajstić information content (AvgIpc) is 1.93. The van der Waals surface area contributed by atoms with Crippen LogP contribution in [-0.2, 0) is 16.8 Å². The van der Waals surface area contributed by atoms with Gasteiger partial charge in [-0.3, -0.25) is 0 Å². The molecule has 0 aliphatic carbocycles. The molecule has 11 heavy (non-hydrogen) atoms. The van der Waals surface area contributed by atoms with Gasteiger partial charge in [0, 0.05) is 3.57 Å². The quantitative estimate of drug-likeness (QED) is 0.665. The van der Waals surface area contributed by atoms with Gasteiger partial charge < -0.3 is 4.55 Å². The van der Waals surface area contributed by atoms with Crippen LogP contribution in [0.2, 0.25) is 0 Å². The summed E-state index contributed by atoms with van der Waals surface area (Å²) in [6.07, 6.45) is 0. The third kappa shape index (κ3) is 3.31. The number of rotatable bonds is 2. The number of hydrogen-bond donors (Lipinski definition) is 1. The standard InChI is InChI=1S/C7H7IO2S/c8-7-3-1-6(2-4-7)5-11(9)10/h1-4H,5H2,(H,9,10). The van der Waals surface area contributed by atoms with E-state index in [4.69, 9.17) is 4.55 Å². The molecule has 1 rings (SSSR count). The molecule has 0 bridgehead atoms. The lowest BCUT2D eigenvalue weighted by Gasteiger charge is -1.95. The van der Waals surface area contributed by atoms with Gasteiger partial charge in [-0.2, -0.15) is 0 Å². The molecule has 1 atom stereocenters.